The van der Waals surface area contributed by atoms with Crippen LogP contribution in [0, 0.1) is 0 Å². The molecule has 2 nitrogen and oxygen atoms in total. The van der Waals surface area contributed by atoms with E-state index in [9.17, 15) is 4.79 Å². The van der Waals surface area contributed by atoms with Crippen molar-refractivity contribution in [3.05, 3.63) is 29.3 Å². The number of carbonyl (C=O) groups excluding carboxylic acids is 1. The van der Waals surface area contributed by atoms with Crippen LogP contribution in [-0.2, 0) is 17.6 Å². The predicted molar refractivity (Wildman–Crippen MR) is 75.9 cm³/mol. The second-order valence-corrected chi connectivity index (χ2v) is 5.20. The summed E-state index contributed by atoms with van der Waals surface area (Å²) in [5.74, 6) is 0.148. The molecule has 1 aromatic rings. The van der Waals surface area contributed by atoms with Gasteiger partial charge in [-0.05, 0) is 36.5 Å². The van der Waals surface area contributed by atoms with Gasteiger partial charge in [0.1, 0.15) is 0 Å². The van der Waals surface area contributed by atoms with Gasteiger partial charge in [0, 0.05) is 12.1 Å². The average molecular weight is 245 g/mol. The Balaban J connectivity index is 1.85. The maximum atomic E-state index is 11.3. The van der Waals surface area contributed by atoms with Gasteiger partial charge < -0.3 is 5.32 Å². The van der Waals surface area contributed by atoms with E-state index in [1.165, 1.54) is 49.7 Å². The van der Waals surface area contributed by atoms with Crippen LogP contribution in [0.25, 0.3) is 0 Å². The number of unbranched alkanes of at least 4 members (excludes halogenated alkanes) is 4. The fourth-order valence-corrected chi connectivity index (χ4v) is 2.52. The minimum atomic E-state index is 0.148. The molecular weight excluding hydrogens is 222 g/mol. The van der Waals surface area contributed by atoms with E-state index in [1.54, 1.807) is 0 Å². The number of amides is 1. The number of anilines is 1. The summed E-state index contributed by atoms with van der Waals surface area (Å²) in [6.45, 7) is 2.25. The Kier molecular flexibility index (Phi) is 4.80. The normalized spacial score (nSPS) is 14.2. The van der Waals surface area contributed by atoms with Gasteiger partial charge in [-0.2, -0.15) is 0 Å². The van der Waals surface area contributed by atoms with Crippen LogP contribution in [-0.4, -0.2) is 5.91 Å². The summed E-state index contributed by atoms with van der Waals surface area (Å²) >= 11 is 0. The van der Waals surface area contributed by atoms with Crippen LogP contribution >= 0.6 is 0 Å². The first-order chi connectivity index (χ1) is 8.79. The molecule has 1 amide bonds. The molecule has 1 N–H and O–H groups in total. The number of carbonyl (C=O) groups is 1. The molecule has 0 spiro atoms. The predicted octanol–water partition coefficient (Wildman–Crippen LogP) is 4.08. The Morgan fingerprint density at radius 3 is 2.78 bits per heavy atom. The van der Waals surface area contributed by atoms with Gasteiger partial charge in [-0.3, -0.25) is 4.79 Å². The maximum absolute atomic E-state index is 11.3. The highest BCUT2D eigenvalue weighted by Crippen LogP contribution is 2.24. The Morgan fingerprint density at radius 1 is 1.11 bits per heavy atom. The lowest BCUT2D eigenvalue weighted by atomic mass is 9.98. The van der Waals surface area contributed by atoms with Crippen molar-refractivity contribution in [2.45, 2.75) is 58.3 Å². The molecule has 0 bridgehead atoms. The van der Waals surface area contributed by atoms with Gasteiger partial charge in [-0.1, -0.05) is 44.7 Å². The zero-order chi connectivity index (χ0) is 12.8. The fourth-order valence-electron chi connectivity index (χ4n) is 2.52. The van der Waals surface area contributed by atoms with Crippen molar-refractivity contribution in [2.75, 3.05) is 5.32 Å². The number of fused-ring (bicyclic) bond motifs is 1. The van der Waals surface area contributed by atoms with Gasteiger partial charge in [-0.15, -0.1) is 0 Å². The Bertz CT molecular complexity index is 412. The molecule has 0 aliphatic carbocycles. The zero-order valence-electron chi connectivity index (χ0n) is 11.3. The average Bonchev–Trinajstić information content (AvgIpc) is 2.38. The lowest BCUT2D eigenvalue weighted by Gasteiger charge is -2.17. The summed E-state index contributed by atoms with van der Waals surface area (Å²) < 4.78 is 0. The van der Waals surface area contributed by atoms with E-state index in [4.69, 9.17) is 0 Å². The number of rotatable bonds is 6. The molecule has 0 aromatic heterocycles. The van der Waals surface area contributed by atoms with Crippen molar-refractivity contribution in [1.82, 2.24) is 0 Å². The summed E-state index contributed by atoms with van der Waals surface area (Å²) in [6.07, 6.45) is 9.34. The van der Waals surface area contributed by atoms with Crippen molar-refractivity contribution >= 4 is 11.6 Å². The number of nitrogens with one attached hydrogen (secondary N) is 1. The number of aryl methyl sites for hydroxylation is 2. The summed E-state index contributed by atoms with van der Waals surface area (Å²) in [7, 11) is 0. The van der Waals surface area contributed by atoms with E-state index in [1.807, 2.05) is 0 Å². The molecule has 2 rings (SSSR count). The highest BCUT2D eigenvalue weighted by Gasteiger charge is 2.14. The summed E-state index contributed by atoms with van der Waals surface area (Å²) in [4.78, 5) is 11.3. The lowest BCUT2D eigenvalue weighted by molar-refractivity contribution is -0.116. The van der Waals surface area contributed by atoms with Crippen molar-refractivity contribution in [3.8, 4) is 0 Å². The molecule has 1 aliphatic rings. The van der Waals surface area contributed by atoms with Crippen LogP contribution in [0.5, 0.6) is 0 Å². The van der Waals surface area contributed by atoms with Crippen LogP contribution in [0.15, 0.2) is 18.2 Å². The maximum Gasteiger partial charge on any atom is 0.224 e. The third-order valence-corrected chi connectivity index (χ3v) is 3.63. The molecule has 1 heterocycles. The monoisotopic (exact) mass is 245 g/mol. The number of hydrogen-bond donors (Lipinski definition) is 1. The molecule has 1 aliphatic heterocycles. The highest BCUT2D eigenvalue weighted by molar-refractivity contribution is 5.93. The fraction of sp³-hybridized carbons (Fsp3) is 0.562. The Morgan fingerprint density at radius 2 is 1.94 bits per heavy atom. The first kappa shape index (κ1) is 13.1. The van der Waals surface area contributed by atoms with E-state index in [0.717, 1.165) is 12.1 Å². The molecule has 0 unspecified atom stereocenters. The Hall–Kier alpha value is -1.31. The molecule has 0 fully saturated rings. The van der Waals surface area contributed by atoms with Crippen LogP contribution in [0.1, 0.15) is 56.6 Å². The molecule has 0 radical (unpaired) electrons. The molecule has 0 atom stereocenters. The van der Waals surface area contributed by atoms with Crippen molar-refractivity contribution in [2.24, 2.45) is 0 Å². The quantitative estimate of drug-likeness (QED) is 0.752. The second kappa shape index (κ2) is 6.58. The van der Waals surface area contributed by atoms with Crippen LogP contribution in [0.4, 0.5) is 5.69 Å². The summed E-state index contributed by atoms with van der Waals surface area (Å²) in [5.41, 5.74) is 3.74. The molecule has 98 valence electrons. The van der Waals surface area contributed by atoms with E-state index < -0.39 is 0 Å². The third kappa shape index (κ3) is 3.59. The third-order valence-electron chi connectivity index (χ3n) is 3.63. The van der Waals surface area contributed by atoms with Gasteiger partial charge in [0.2, 0.25) is 5.91 Å². The molecule has 1 aromatic carbocycles. The van der Waals surface area contributed by atoms with Crippen molar-refractivity contribution in [1.29, 1.82) is 0 Å². The first-order valence-electron chi connectivity index (χ1n) is 7.21. The molecule has 18 heavy (non-hydrogen) atoms. The smallest absolute Gasteiger partial charge is 0.224 e. The SMILES string of the molecule is CCCCCCCc1ccc2c(c1)CCC(=O)N2. The number of hydrogen-bond acceptors (Lipinski definition) is 1. The minimum Gasteiger partial charge on any atom is -0.326 e. The molecule has 2 heteroatoms. The molecular formula is C16H23NO. The van der Waals surface area contributed by atoms with Gasteiger partial charge >= 0.3 is 0 Å². The summed E-state index contributed by atoms with van der Waals surface area (Å²) in [5, 5.41) is 2.93. The zero-order valence-corrected chi connectivity index (χ0v) is 11.3. The Labute approximate surface area is 110 Å². The molecule has 0 saturated carbocycles. The minimum absolute atomic E-state index is 0.148. The standard InChI is InChI=1S/C16H23NO/c1-2-3-4-5-6-7-13-8-10-15-14(12-13)9-11-16(18)17-15/h8,10,12H,2-7,9,11H2,1H3,(H,17,18). The van der Waals surface area contributed by atoms with Crippen molar-refractivity contribution in [3.63, 3.8) is 0 Å². The van der Waals surface area contributed by atoms with E-state index in [-0.39, 0.29) is 5.91 Å². The van der Waals surface area contributed by atoms with E-state index >= 15 is 0 Å². The summed E-state index contributed by atoms with van der Waals surface area (Å²) in [6, 6.07) is 6.49. The van der Waals surface area contributed by atoms with Crippen molar-refractivity contribution < 1.29 is 4.79 Å². The molecule has 0 saturated heterocycles. The largest absolute Gasteiger partial charge is 0.326 e. The van der Waals surface area contributed by atoms with Crippen LogP contribution in [0.3, 0.4) is 0 Å². The lowest BCUT2D eigenvalue weighted by Crippen LogP contribution is -2.18. The van der Waals surface area contributed by atoms with Crippen LogP contribution < -0.4 is 5.32 Å². The van der Waals surface area contributed by atoms with Crippen LogP contribution in [0.2, 0.25) is 0 Å². The topological polar surface area (TPSA) is 29.1 Å². The van der Waals surface area contributed by atoms with Gasteiger partial charge in [0.25, 0.3) is 0 Å². The second-order valence-electron chi connectivity index (χ2n) is 5.20. The van der Waals surface area contributed by atoms with Gasteiger partial charge in [0.15, 0.2) is 0 Å². The first-order valence-corrected chi connectivity index (χ1v) is 7.21. The van der Waals surface area contributed by atoms with Gasteiger partial charge in [0.05, 0.1) is 0 Å². The van der Waals surface area contributed by atoms with E-state index in [0.29, 0.717) is 6.42 Å². The highest BCUT2D eigenvalue weighted by atomic mass is 16.1. The van der Waals surface area contributed by atoms with E-state index in [2.05, 4.69) is 30.4 Å². The number of benzene rings is 1. The van der Waals surface area contributed by atoms with Gasteiger partial charge in [-0.25, -0.2) is 0 Å².